The van der Waals surface area contributed by atoms with Gasteiger partial charge in [0.05, 0.1) is 39.8 Å². The van der Waals surface area contributed by atoms with Crippen LogP contribution in [0.2, 0.25) is 0 Å². The van der Waals surface area contributed by atoms with E-state index in [1.807, 2.05) is 0 Å². The quantitative estimate of drug-likeness (QED) is 0.0234. The van der Waals surface area contributed by atoms with Crippen LogP contribution in [0.1, 0.15) is 219 Å². The molecule has 0 aromatic carbocycles. The second-order valence-corrected chi connectivity index (χ2v) is 19.3. The van der Waals surface area contributed by atoms with Crippen LogP contribution in [-0.2, 0) is 14.3 Å². The van der Waals surface area contributed by atoms with Crippen LogP contribution in [0.25, 0.3) is 0 Å². The van der Waals surface area contributed by atoms with Crippen molar-refractivity contribution in [3.63, 3.8) is 0 Å². The minimum atomic E-state index is -0.203. The van der Waals surface area contributed by atoms with Gasteiger partial charge in [-0.1, -0.05) is 154 Å². The second kappa shape index (κ2) is 65.1. The SMILES string of the molecule is CCCCCCCC/C=C\CCCCCCCCOCC(C[N+](C)(C)CCNC(=O)C(CCCNCCCN)NCCCN)OCCCCCCCC/C=C\CCCCCCCC.Cl.Cl.Cl.Cl.[Cl-]. The summed E-state index contributed by atoms with van der Waals surface area (Å²) < 4.78 is 13.6. The summed E-state index contributed by atoms with van der Waals surface area (Å²) in [6, 6.07) is -0.203. The normalized spacial score (nSPS) is 12.2. The van der Waals surface area contributed by atoms with Gasteiger partial charge in [-0.25, -0.2) is 0 Å². The molecule has 2 atom stereocenters. The topological polar surface area (TPSA) is 124 Å². The summed E-state index contributed by atoms with van der Waals surface area (Å²) in [6.07, 6.45) is 50.0. The van der Waals surface area contributed by atoms with Crippen molar-refractivity contribution in [3.05, 3.63) is 24.3 Å². The predicted molar refractivity (Wildman–Crippen MR) is 305 cm³/mol. The monoisotopic (exact) mass is 1070 g/mol. The number of hydrogen-bond donors (Lipinski definition) is 5. The minimum absolute atomic E-state index is 0. The van der Waals surface area contributed by atoms with Crippen LogP contribution in [0.15, 0.2) is 24.3 Å². The van der Waals surface area contributed by atoms with Gasteiger partial charge < -0.3 is 53.8 Å². The molecule has 0 saturated heterocycles. The highest BCUT2D eigenvalue weighted by Crippen LogP contribution is 2.13. The summed E-state index contributed by atoms with van der Waals surface area (Å²) in [5, 5.41) is 10.1. The van der Waals surface area contributed by atoms with Crippen molar-refractivity contribution in [2.24, 2.45) is 11.5 Å². The van der Waals surface area contributed by atoms with Crippen molar-refractivity contribution >= 4 is 55.5 Å². The minimum Gasteiger partial charge on any atom is -1.00 e. The summed E-state index contributed by atoms with van der Waals surface area (Å²) in [5.41, 5.74) is 11.4. The molecule has 0 spiro atoms. The lowest BCUT2D eigenvalue weighted by molar-refractivity contribution is -0.892. The summed E-state index contributed by atoms with van der Waals surface area (Å²) in [7, 11) is 4.50. The van der Waals surface area contributed by atoms with Crippen molar-refractivity contribution < 1.29 is 31.2 Å². The van der Waals surface area contributed by atoms with Crippen LogP contribution < -0.4 is 39.8 Å². The van der Waals surface area contributed by atoms with Gasteiger partial charge >= 0.3 is 0 Å². The Morgan fingerprint density at radius 3 is 1.41 bits per heavy atom. The number of ether oxygens (including phenoxy) is 2. The average molecular weight is 1070 g/mol. The van der Waals surface area contributed by atoms with Crippen molar-refractivity contribution in [1.82, 2.24) is 16.0 Å². The summed E-state index contributed by atoms with van der Waals surface area (Å²) in [4.78, 5) is 13.3. The Bertz CT molecular complexity index is 1000. The van der Waals surface area contributed by atoms with Gasteiger partial charge in [-0.3, -0.25) is 4.79 Å². The Balaban J connectivity index is -0.00000192. The molecule has 0 aromatic rings. The number of carbonyl (C=O) groups is 1. The fourth-order valence-corrected chi connectivity index (χ4v) is 8.15. The zero-order valence-corrected chi connectivity index (χ0v) is 48.7. The molecule has 9 nitrogen and oxygen atoms in total. The van der Waals surface area contributed by atoms with Gasteiger partial charge in [-0.2, -0.15) is 0 Å². The molecular formula is C54H115Cl5N6O3. The van der Waals surface area contributed by atoms with Crippen LogP contribution >= 0.6 is 49.6 Å². The number of carbonyl (C=O) groups excluding carboxylic acids is 1. The van der Waals surface area contributed by atoms with E-state index < -0.39 is 0 Å². The molecule has 0 aliphatic carbocycles. The van der Waals surface area contributed by atoms with E-state index in [1.54, 1.807) is 0 Å². The lowest BCUT2D eigenvalue weighted by Gasteiger charge is -2.33. The van der Waals surface area contributed by atoms with Gasteiger partial charge in [0.1, 0.15) is 12.6 Å². The molecule has 0 aromatic heterocycles. The molecule has 14 heteroatoms. The predicted octanol–water partition coefficient (Wildman–Crippen LogP) is 10.4. The number of nitrogens with one attached hydrogen (secondary N) is 3. The maximum absolute atomic E-state index is 13.3. The van der Waals surface area contributed by atoms with E-state index >= 15 is 0 Å². The van der Waals surface area contributed by atoms with Crippen molar-refractivity contribution in [2.45, 2.75) is 231 Å². The Hall–Kier alpha value is 0.120. The number of hydrogen-bond acceptors (Lipinski definition) is 7. The molecule has 0 rings (SSSR count). The first-order valence-electron chi connectivity index (χ1n) is 27.3. The molecular weight excluding hydrogens is 958 g/mol. The number of allylic oxidation sites excluding steroid dienone is 4. The number of nitrogens with zero attached hydrogens (tertiary/aromatic N) is 1. The smallest absolute Gasteiger partial charge is 0.237 e. The van der Waals surface area contributed by atoms with E-state index in [0.717, 1.165) is 88.9 Å². The van der Waals surface area contributed by atoms with Crippen molar-refractivity contribution in [3.8, 4) is 0 Å². The van der Waals surface area contributed by atoms with Gasteiger partial charge in [0.15, 0.2) is 0 Å². The largest absolute Gasteiger partial charge is 1.00 e. The van der Waals surface area contributed by atoms with Gasteiger partial charge in [0, 0.05) is 13.2 Å². The molecule has 0 saturated carbocycles. The number of rotatable bonds is 52. The molecule has 414 valence electrons. The zero-order chi connectivity index (χ0) is 46.0. The van der Waals surface area contributed by atoms with Crippen LogP contribution in [-0.4, -0.2) is 109 Å². The highest BCUT2D eigenvalue weighted by Gasteiger charge is 2.24. The maximum Gasteiger partial charge on any atom is 0.237 e. The van der Waals surface area contributed by atoms with E-state index in [0.29, 0.717) is 26.2 Å². The van der Waals surface area contributed by atoms with Crippen molar-refractivity contribution in [1.29, 1.82) is 0 Å². The molecule has 0 fully saturated rings. The first kappa shape index (κ1) is 79.5. The molecule has 68 heavy (non-hydrogen) atoms. The van der Waals surface area contributed by atoms with E-state index in [1.165, 1.54) is 167 Å². The van der Waals surface area contributed by atoms with Crippen LogP contribution in [0, 0.1) is 0 Å². The standard InChI is InChI=1S/C54H110N6O3.5ClH/c1-5-7-9-11-13-15-17-19-21-23-25-27-29-31-33-35-48-62-51-52(63-49-36-34-32-30-28-26-24-22-20-18-16-14-12-10-8-6-2)50-60(3,4)47-46-59-54(61)53(58-45-39-42-56)40-37-43-57-44-38-41-55;;;;;/h19-22,52-53,57-58H,5-18,23-51,55-56H2,1-4H3;5*1H/b21-19-,22-20-;;;;;. The molecule has 7 N–H and O–H groups in total. The van der Waals surface area contributed by atoms with Crippen LogP contribution in [0.4, 0.5) is 0 Å². The lowest BCUT2D eigenvalue weighted by Crippen LogP contribution is -3.00. The number of amides is 1. The third kappa shape index (κ3) is 60.4. The first-order chi connectivity index (χ1) is 30.9. The Morgan fingerprint density at radius 2 is 0.941 bits per heavy atom. The first-order valence-corrected chi connectivity index (χ1v) is 27.3. The fraction of sp³-hybridized carbons (Fsp3) is 0.907. The second-order valence-electron chi connectivity index (χ2n) is 19.3. The highest BCUT2D eigenvalue weighted by molar-refractivity contribution is 5.86. The third-order valence-electron chi connectivity index (χ3n) is 12.3. The Labute approximate surface area is 453 Å². The van der Waals surface area contributed by atoms with E-state index in [-0.39, 0.29) is 80.1 Å². The Kier molecular flexibility index (Phi) is 76.2. The van der Waals surface area contributed by atoms with Gasteiger partial charge in [-0.05, 0) is 123 Å². The molecule has 0 aliphatic rings. The average Bonchev–Trinajstić information content (AvgIpc) is 3.27. The van der Waals surface area contributed by atoms with Gasteiger partial charge in [0.2, 0.25) is 5.91 Å². The molecule has 0 radical (unpaired) electrons. The number of unbranched alkanes of at least 4 members (excludes halogenated alkanes) is 24. The maximum atomic E-state index is 13.3. The molecule has 2 unspecified atom stereocenters. The fourth-order valence-electron chi connectivity index (χ4n) is 8.15. The van der Waals surface area contributed by atoms with Crippen LogP contribution in [0.5, 0.6) is 0 Å². The van der Waals surface area contributed by atoms with Gasteiger partial charge in [-0.15, -0.1) is 49.6 Å². The molecule has 0 heterocycles. The summed E-state index contributed by atoms with van der Waals surface area (Å²) in [6.45, 7) is 13.0. The molecule has 0 aliphatic heterocycles. The van der Waals surface area contributed by atoms with Crippen LogP contribution in [0.3, 0.4) is 0 Å². The van der Waals surface area contributed by atoms with Crippen molar-refractivity contribution in [2.75, 3.05) is 86.3 Å². The van der Waals surface area contributed by atoms with E-state index in [4.69, 9.17) is 20.9 Å². The Morgan fingerprint density at radius 1 is 0.529 bits per heavy atom. The summed E-state index contributed by atoms with van der Waals surface area (Å²) >= 11 is 0. The zero-order valence-electron chi connectivity index (χ0n) is 44.7. The lowest BCUT2D eigenvalue weighted by atomic mass is 10.1. The number of likely N-dealkylation sites (N-methyl/N-ethyl adjacent to an activating group) is 1. The van der Waals surface area contributed by atoms with E-state index in [2.05, 4.69) is 68.2 Å². The molecule has 1 amide bonds. The molecule has 0 bridgehead atoms. The summed E-state index contributed by atoms with van der Waals surface area (Å²) in [5.74, 6) is 0.0840. The van der Waals surface area contributed by atoms with E-state index in [9.17, 15) is 4.79 Å². The number of nitrogens with two attached hydrogens (primary N) is 2. The highest BCUT2D eigenvalue weighted by atomic mass is 35.5. The van der Waals surface area contributed by atoms with Gasteiger partial charge in [0.25, 0.3) is 0 Å². The third-order valence-corrected chi connectivity index (χ3v) is 12.3. The number of quaternary nitrogens is 1. The number of halogens is 5.